The minimum absolute atomic E-state index is 0.0130. The fourth-order valence-electron chi connectivity index (χ4n) is 21.9. The monoisotopic (exact) mass is 1140 g/mol. The second kappa shape index (κ2) is 18.0. The van der Waals surface area contributed by atoms with Crippen molar-refractivity contribution < 1.29 is 50.4 Å². The Kier molecular flexibility index (Phi) is 12.1. The quantitative estimate of drug-likeness (QED) is 0.0973. The van der Waals surface area contributed by atoms with Gasteiger partial charge < -0.3 is 0 Å². The minimum atomic E-state index is -4.09. The van der Waals surface area contributed by atoms with Crippen LogP contribution in [0.5, 0.6) is 0 Å². The summed E-state index contributed by atoms with van der Waals surface area (Å²) in [6.07, 6.45) is 6.16. The van der Waals surface area contributed by atoms with Crippen molar-refractivity contribution in [3.05, 3.63) is 119 Å². The molecule has 12 saturated carbocycles. The fourth-order valence-corrected chi connectivity index (χ4v) is 25.7. The molecular weight excluding hydrogens is 1060 g/mol. The fraction of sp³-hybridized carbons (Fsp3) is 0.613. The van der Waals surface area contributed by atoms with E-state index in [1.165, 1.54) is 0 Å². The van der Waals surface area contributed by atoms with Crippen LogP contribution in [-0.2, 0) is 57.2 Å². The number of rotatable bonds is 16. The van der Waals surface area contributed by atoms with Crippen LogP contribution in [0.4, 0.5) is 0 Å². The topological polar surface area (TPSA) is 173 Å². The van der Waals surface area contributed by atoms with Crippen LogP contribution in [0.3, 0.4) is 0 Å². The van der Waals surface area contributed by atoms with E-state index < -0.39 is 40.5 Å². The van der Waals surface area contributed by atoms with Crippen LogP contribution in [-0.4, -0.2) is 60.1 Å². The van der Waals surface area contributed by atoms with E-state index in [0.29, 0.717) is 71.0 Å². The van der Waals surface area contributed by atoms with E-state index in [4.69, 9.17) is 16.7 Å². The molecule has 0 radical (unpaired) electrons. The van der Waals surface area contributed by atoms with Crippen molar-refractivity contribution in [2.24, 2.45) is 129 Å². The summed E-state index contributed by atoms with van der Waals surface area (Å²) < 4.78 is 135. The van der Waals surface area contributed by atoms with Gasteiger partial charge in [-0.05, 0) is 244 Å². The van der Waals surface area contributed by atoms with Crippen LogP contribution in [0.25, 0.3) is 0 Å². The Hall–Kier alpha value is -3.48. The maximum atomic E-state index is 13.9. The van der Waals surface area contributed by atoms with Crippen molar-refractivity contribution in [2.45, 2.75) is 99.6 Å². The Morgan fingerprint density at radius 3 is 0.718 bits per heavy atom. The summed E-state index contributed by atoms with van der Waals surface area (Å²) in [5.41, 5.74) is 4.05. The van der Waals surface area contributed by atoms with Crippen LogP contribution in [0.2, 0.25) is 0 Å². The molecular formula is C62H74O12S4. The molecule has 12 nitrogen and oxygen atoms in total. The van der Waals surface area contributed by atoms with Crippen molar-refractivity contribution in [3.63, 3.8) is 0 Å². The first kappa shape index (κ1) is 52.6. The van der Waals surface area contributed by atoms with Crippen molar-refractivity contribution in [3.8, 4) is 0 Å². The molecule has 12 fully saturated rings. The number of fused-ring (bicyclic) bond motifs is 19. The maximum Gasteiger partial charge on any atom is 0.296 e. The highest BCUT2D eigenvalue weighted by Gasteiger charge is 2.92. The third-order valence-corrected chi connectivity index (χ3v) is 29.5. The Balaban J connectivity index is 0.762. The van der Waals surface area contributed by atoms with E-state index in [1.807, 2.05) is 27.7 Å². The van der Waals surface area contributed by atoms with Gasteiger partial charge in [-0.1, -0.05) is 84.6 Å². The lowest BCUT2D eigenvalue weighted by atomic mass is 9.17. The van der Waals surface area contributed by atoms with Gasteiger partial charge in [0.1, 0.15) is 0 Å². The zero-order chi connectivity index (χ0) is 54.4. The van der Waals surface area contributed by atoms with Gasteiger partial charge in [-0.25, -0.2) is 0 Å². The Morgan fingerprint density at radius 1 is 0.333 bits per heavy atom. The van der Waals surface area contributed by atoms with Crippen LogP contribution < -0.4 is 0 Å². The zero-order valence-corrected chi connectivity index (χ0v) is 48.7. The minimum Gasteiger partial charge on any atom is -0.266 e. The highest BCUT2D eigenvalue weighted by Crippen LogP contribution is 2.96. The standard InChI is InChI=1S/C62H74O12S4/c1-33-7-15-37(16-8-33)75(63,64)71-29-49-41-23-24-42(50(49)30-72-76(65,66)38-17-9-34(2)10-18-38)54-46-27-45(53(41)54)57-58(46)62(6)60-48-28-47(59(60)61(57,62)5)55-43-25-26-44(56(48)55)52(32-74-78(69,70)40-21-13-36(4)14-22-40)51(43)31-73-77(67,68)39-19-11-35(3)12-20-39/h7-22,41-60H,23-32H2,1-6H3/t41-,42-,43-,44+,45+,46-,47-,48+,49?,50?,51-,52-,53-,54+,55+,56-,57+,58-,59-,60+,61?,62?/m1/s1. The summed E-state index contributed by atoms with van der Waals surface area (Å²) in [7, 11) is -16.3. The van der Waals surface area contributed by atoms with E-state index in [2.05, 4.69) is 13.8 Å². The highest BCUT2D eigenvalue weighted by molar-refractivity contribution is 7.87. The molecule has 8 bridgehead atoms. The van der Waals surface area contributed by atoms with Gasteiger partial charge in [0.15, 0.2) is 0 Å². The molecule has 78 heavy (non-hydrogen) atoms. The van der Waals surface area contributed by atoms with Gasteiger partial charge >= 0.3 is 0 Å². The number of aryl methyl sites for hydroxylation is 4. The van der Waals surface area contributed by atoms with Crippen LogP contribution >= 0.6 is 0 Å². The molecule has 0 spiro atoms. The second-order valence-corrected chi connectivity index (χ2v) is 33.2. The van der Waals surface area contributed by atoms with Gasteiger partial charge in [-0.15, -0.1) is 0 Å². The van der Waals surface area contributed by atoms with E-state index in [-0.39, 0.29) is 104 Å². The van der Waals surface area contributed by atoms with Gasteiger partial charge in [-0.3, -0.25) is 16.7 Å². The summed E-state index contributed by atoms with van der Waals surface area (Å²) in [6.45, 7) is 12.9. The van der Waals surface area contributed by atoms with Crippen LogP contribution in [0.1, 0.15) is 74.6 Å². The largest absolute Gasteiger partial charge is 0.296 e. The van der Waals surface area contributed by atoms with Crippen molar-refractivity contribution in [1.82, 2.24) is 0 Å². The molecule has 4 unspecified atom stereocenters. The number of benzene rings is 4. The third-order valence-electron chi connectivity index (χ3n) is 24.3. The van der Waals surface area contributed by atoms with Crippen molar-refractivity contribution in [2.75, 3.05) is 26.4 Å². The molecule has 0 aromatic heterocycles. The van der Waals surface area contributed by atoms with Crippen molar-refractivity contribution >= 4 is 40.5 Å². The van der Waals surface area contributed by atoms with Gasteiger partial charge in [0.05, 0.1) is 46.0 Å². The molecule has 12 aliphatic rings. The van der Waals surface area contributed by atoms with E-state index in [0.717, 1.165) is 60.8 Å². The molecule has 16 rings (SSSR count). The lowest BCUT2D eigenvalue weighted by Gasteiger charge is -2.87. The molecule has 4 aromatic carbocycles. The summed E-state index contributed by atoms with van der Waals surface area (Å²) in [5.74, 6) is 5.74. The van der Waals surface area contributed by atoms with Gasteiger partial charge in [0, 0.05) is 0 Å². The number of hydrogen-bond donors (Lipinski definition) is 0. The number of hydrogen-bond acceptors (Lipinski definition) is 12. The van der Waals surface area contributed by atoms with Crippen molar-refractivity contribution in [1.29, 1.82) is 0 Å². The van der Waals surface area contributed by atoms with Gasteiger partial charge in [0.2, 0.25) is 0 Å². The lowest BCUT2D eigenvalue weighted by molar-refractivity contribution is -0.402. The molecule has 418 valence electrons. The highest BCUT2D eigenvalue weighted by atomic mass is 32.2. The van der Waals surface area contributed by atoms with E-state index in [9.17, 15) is 33.7 Å². The molecule has 16 heteroatoms. The Labute approximate surface area is 462 Å². The van der Waals surface area contributed by atoms with Gasteiger partial charge in [0.25, 0.3) is 40.5 Å². The molecule has 0 saturated heterocycles. The molecule has 4 aromatic rings. The Morgan fingerprint density at radius 2 is 0.526 bits per heavy atom. The first-order valence-corrected chi connectivity index (χ1v) is 34.5. The summed E-state index contributed by atoms with van der Waals surface area (Å²) >= 11 is 0. The normalized spacial score (nSPS) is 42.1. The third kappa shape index (κ3) is 7.42. The first-order valence-electron chi connectivity index (χ1n) is 28.9. The van der Waals surface area contributed by atoms with E-state index >= 15 is 0 Å². The van der Waals surface area contributed by atoms with Crippen LogP contribution in [0, 0.1) is 157 Å². The molecule has 0 aliphatic heterocycles. The molecule has 22 atom stereocenters. The Bertz CT molecular complexity index is 3040. The summed E-state index contributed by atoms with van der Waals surface area (Å²) in [6, 6.07) is 26.9. The van der Waals surface area contributed by atoms with Crippen LogP contribution in [0.15, 0.2) is 117 Å². The summed E-state index contributed by atoms with van der Waals surface area (Å²) in [5, 5.41) is 0. The summed E-state index contributed by atoms with van der Waals surface area (Å²) in [4.78, 5) is 0.467. The predicted octanol–water partition coefficient (Wildman–Crippen LogP) is 10.7. The first-order chi connectivity index (χ1) is 37.0. The zero-order valence-electron chi connectivity index (χ0n) is 45.4. The maximum absolute atomic E-state index is 13.9. The van der Waals surface area contributed by atoms with Gasteiger partial charge in [-0.2, -0.15) is 33.7 Å². The molecule has 12 aliphatic carbocycles. The lowest BCUT2D eigenvalue weighted by Crippen LogP contribution is -2.83. The van der Waals surface area contributed by atoms with E-state index in [1.54, 1.807) is 97.1 Å². The predicted molar refractivity (Wildman–Crippen MR) is 291 cm³/mol. The smallest absolute Gasteiger partial charge is 0.266 e. The molecule has 0 heterocycles. The second-order valence-electron chi connectivity index (χ2n) is 26.8. The molecule has 0 amide bonds. The SMILES string of the molecule is Cc1ccc(S(=O)(=O)OCC2C(COS(=O)(=O)c3ccc(C)cc3)[C@H]3CC[C@H]2[C@@H]2[C@@H]4C[C@H]([C@@H]23)[C@@H]2[C@H]4C3(C)[C@@H]4[C@@H]5C[C@@H]([C@H]6[C@H]7CC[C@H]([C@@H](COS(=O)(=O)c8ccc(C)cc8)[C@@H]7COS(=O)(=O)c7ccc(C)cc7)[C@@H]56)[C@@H]4C23C)cc1. The molecule has 0 N–H and O–H groups in total. The average molecular weight is 1140 g/mol. The average Bonchev–Trinajstić information content (AvgIpc) is 1.43.